The van der Waals surface area contributed by atoms with Gasteiger partial charge < -0.3 is 19.5 Å². The molecule has 0 spiro atoms. The number of alkyl halides is 3. The highest BCUT2D eigenvalue weighted by Crippen LogP contribution is 2.49. The molecular formula is C29H29F3N2O4. The summed E-state index contributed by atoms with van der Waals surface area (Å²) in [5.41, 5.74) is 1.09. The highest BCUT2D eigenvalue weighted by atomic mass is 19.4. The molecule has 4 rings (SSSR count). The quantitative estimate of drug-likeness (QED) is 0.322. The van der Waals surface area contributed by atoms with Crippen LogP contribution < -0.4 is 10.1 Å². The number of rotatable bonds is 9. The van der Waals surface area contributed by atoms with E-state index >= 15 is 0 Å². The van der Waals surface area contributed by atoms with E-state index in [0.29, 0.717) is 16.9 Å². The Morgan fingerprint density at radius 3 is 2.42 bits per heavy atom. The number of pyridine rings is 1. The largest absolute Gasteiger partial charge is 0.475 e. The van der Waals surface area contributed by atoms with Gasteiger partial charge in [-0.25, -0.2) is 9.78 Å². The molecule has 38 heavy (non-hydrogen) atoms. The van der Waals surface area contributed by atoms with Crippen molar-refractivity contribution >= 4 is 11.7 Å². The Labute approximate surface area is 219 Å². The number of anilines is 1. The van der Waals surface area contributed by atoms with Gasteiger partial charge in [0, 0.05) is 17.4 Å². The molecule has 0 saturated heterocycles. The van der Waals surface area contributed by atoms with E-state index in [9.17, 15) is 18.0 Å². The summed E-state index contributed by atoms with van der Waals surface area (Å²) in [5.74, 6) is -1.77. The molecule has 0 bridgehead atoms. The molecule has 2 heterocycles. The fourth-order valence-corrected chi connectivity index (χ4v) is 4.43. The minimum Gasteiger partial charge on any atom is -0.475 e. The second kappa shape index (κ2) is 11.7. The zero-order valence-corrected chi connectivity index (χ0v) is 21.3. The van der Waals surface area contributed by atoms with E-state index in [0.717, 1.165) is 11.6 Å². The Morgan fingerprint density at radius 1 is 1.03 bits per heavy atom. The van der Waals surface area contributed by atoms with E-state index < -0.39 is 23.6 Å². The van der Waals surface area contributed by atoms with Gasteiger partial charge in [-0.2, -0.15) is 13.2 Å². The SMILES string of the molecule is CCOC(=O)C1=C(COCc2ccccc2)Nc2ccnc(OC(C)C)c2C1c1ccccc1C(F)(F)F. The third kappa shape index (κ3) is 5.99. The molecule has 1 aliphatic rings. The fraction of sp³-hybridized carbons (Fsp3) is 0.310. The third-order valence-electron chi connectivity index (χ3n) is 5.92. The van der Waals surface area contributed by atoms with Crippen LogP contribution in [0.5, 0.6) is 5.88 Å². The number of halogens is 3. The number of carbonyl (C=O) groups excluding carboxylic acids is 1. The molecule has 6 nitrogen and oxygen atoms in total. The monoisotopic (exact) mass is 526 g/mol. The maximum atomic E-state index is 14.2. The van der Waals surface area contributed by atoms with Crippen LogP contribution in [0.15, 0.2) is 78.1 Å². The first-order valence-corrected chi connectivity index (χ1v) is 12.3. The topological polar surface area (TPSA) is 69.7 Å². The van der Waals surface area contributed by atoms with Crippen LogP contribution in [0.25, 0.3) is 0 Å². The average Bonchev–Trinajstić information content (AvgIpc) is 2.88. The van der Waals surface area contributed by atoms with Crippen LogP contribution >= 0.6 is 0 Å². The van der Waals surface area contributed by atoms with Gasteiger partial charge in [0.15, 0.2) is 0 Å². The number of hydrogen-bond acceptors (Lipinski definition) is 6. The second-order valence-corrected chi connectivity index (χ2v) is 8.98. The molecule has 0 saturated carbocycles. The molecule has 3 aromatic rings. The fourth-order valence-electron chi connectivity index (χ4n) is 4.43. The van der Waals surface area contributed by atoms with Crippen LogP contribution in [0.4, 0.5) is 18.9 Å². The van der Waals surface area contributed by atoms with Crippen molar-refractivity contribution in [2.24, 2.45) is 0 Å². The molecule has 1 aliphatic heterocycles. The van der Waals surface area contributed by atoms with Gasteiger partial charge in [0.2, 0.25) is 5.88 Å². The number of esters is 1. The zero-order valence-electron chi connectivity index (χ0n) is 21.3. The first kappa shape index (κ1) is 27.2. The van der Waals surface area contributed by atoms with Crippen molar-refractivity contribution in [3.05, 3.63) is 100 Å². The van der Waals surface area contributed by atoms with Crippen molar-refractivity contribution in [1.29, 1.82) is 0 Å². The van der Waals surface area contributed by atoms with Crippen LogP contribution in [-0.2, 0) is 27.1 Å². The van der Waals surface area contributed by atoms with Crippen molar-refractivity contribution in [3.8, 4) is 5.88 Å². The normalized spacial score (nSPS) is 15.2. The Kier molecular flexibility index (Phi) is 8.36. The van der Waals surface area contributed by atoms with Gasteiger partial charge in [-0.3, -0.25) is 0 Å². The molecule has 1 aromatic heterocycles. The molecule has 1 atom stereocenters. The average molecular weight is 527 g/mol. The Morgan fingerprint density at radius 2 is 1.74 bits per heavy atom. The lowest BCUT2D eigenvalue weighted by Crippen LogP contribution is -2.29. The zero-order chi connectivity index (χ0) is 27.3. The maximum Gasteiger partial charge on any atom is 0.416 e. The van der Waals surface area contributed by atoms with Gasteiger partial charge in [0.05, 0.1) is 48.7 Å². The molecular weight excluding hydrogens is 497 g/mol. The standard InChI is InChI=1S/C29H29F3N2O4/c1-4-37-28(35)26-23(17-36-16-19-10-6-5-7-11-19)34-22-14-15-33-27(38-18(2)3)25(22)24(26)20-12-8-9-13-21(20)29(30,31)32/h5-15,18,24,34H,4,16-17H2,1-3H3. The van der Waals surface area contributed by atoms with Crippen molar-refractivity contribution in [1.82, 2.24) is 4.98 Å². The number of nitrogens with one attached hydrogen (secondary N) is 1. The van der Waals surface area contributed by atoms with E-state index in [1.54, 1.807) is 26.8 Å². The summed E-state index contributed by atoms with van der Waals surface area (Å²) in [5, 5.41) is 3.20. The summed E-state index contributed by atoms with van der Waals surface area (Å²) >= 11 is 0. The molecule has 0 radical (unpaired) electrons. The number of aromatic nitrogens is 1. The molecule has 2 aromatic carbocycles. The molecule has 200 valence electrons. The maximum absolute atomic E-state index is 14.2. The molecule has 0 aliphatic carbocycles. The number of ether oxygens (including phenoxy) is 3. The van der Waals surface area contributed by atoms with Gasteiger partial charge in [0.1, 0.15) is 0 Å². The van der Waals surface area contributed by atoms with Gasteiger partial charge in [-0.1, -0.05) is 48.5 Å². The Bertz CT molecular complexity index is 1310. The molecule has 1 N–H and O–H groups in total. The summed E-state index contributed by atoms with van der Waals surface area (Å²) in [6.07, 6.45) is -3.46. The molecule has 0 amide bonds. The number of benzene rings is 2. The minimum absolute atomic E-state index is 0.0192. The van der Waals surface area contributed by atoms with Gasteiger partial charge in [-0.15, -0.1) is 0 Å². The Balaban J connectivity index is 1.90. The summed E-state index contributed by atoms with van der Waals surface area (Å²) in [7, 11) is 0. The van der Waals surface area contributed by atoms with E-state index in [1.165, 1.54) is 24.4 Å². The predicted octanol–water partition coefficient (Wildman–Crippen LogP) is 6.48. The number of hydrogen-bond donors (Lipinski definition) is 1. The lowest BCUT2D eigenvalue weighted by atomic mass is 9.79. The lowest BCUT2D eigenvalue weighted by Gasteiger charge is -2.33. The molecule has 9 heteroatoms. The van der Waals surface area contributed by atoms with Gasteiger partial charge in [-0.05, 0) is 44.0 Å². The van der Waals surface area contributed by atoms with Crippen LogP contribution in [0, 0.1) is 0 Å². The van der Waals surface area contributed by atoms with E-state index in [2.05, 4.69) is 10.3 Å². The smallest absolute Gasteiger partial charge is 0.416 e. The van der Waals surface area contributed by atoms with Crippen LogP contribution in [0.3, 0.4) is 0 Å². The number of fused-ring (bicyclic) bond motifs is 1. The summed E-state index contributed by atoms with van der Waals surface area (Å²) < 4.78 is 59.9. The summed E-state index contributed by atoms with van der Waals surface area (Å²) in [4.78, 5) is 17.7. The van der Waals surface area contributed by atoms with Crippen molar-refractivity contribution in [3.63, 3.8) is 0 Å². The molecule has 1 unspecified atom stereocenters. The minimum atomic E-state index is -4.66. The van der Waals surface area contributed by atoms with Crippen LogP contribution in [-0.4, -0.2) is 30.3 Å². The second-order valence-electron chi connectivity index (χ2n) is 8.98. The van der Waals surface area contributed by atoms with Crippen molar-refractivity contribution in [2.45, 2.75) is 45.6 Å². The van der Waals surface area contributed by atoms with E-state index in [1.807, 2.05) is 30.3 Å². The van der Waals surface area contributed by atoms with E-state index in [4.69, 9.17) is 14.2 Å². The van der Waals surface area contributed by atoms with Crippen LogP contribution in [0.2, 0.25) is 0 Å². The van der Waals surface area contributed by atoms with Crippen molar-refractivity contribution < 1.29 is 32.2 Å². The predicted molar refractivity (Wildman–Crippen MR) is 137 cm³/mol. The third-order valence-corrected chi connectivity index (χ3v) is 5.92. The highest BCUT2D eigenvalue weighted by molar-refractivity contribution is 5.95. The number of nitrogens with zero attached hydrogens (tertiary/aromatic N) is 1. The van der Waals surface area contributed by atoms with E-state index in [-0.39, 0.29) is 42.9 Å². The molecule has 0 fully saturated rings. The summed E-state index contributed by atoms with van der Waals surface area (Å²) in [6.45, 7) is 5.46. The van der Waals surface area contributed by atoms with Gasteiger partial charge >= 0.3 is 12.1 Å². The Hall–Kier alpha value is -3.85. The van der Waals surface area contributed by atoms with Gasteiger partial charge in [0.25, 0.3) is 0 Å². The van der Waals surface area contributed by atoms with Crippen LogP contribution in [0.1, 0.15) is 48.9 Å². The lowest BCUT2D eigenvalue weighted by molar-refractivity contribution is -0.140. The number of carbonyl (C=O) groups is 1. The first-order chi connectivity index (χ1) is 18.2. The highest BCUT2D eigenvalue weighted by Gasteiger charge is 2.42. The van der Waals surface area contributed by atoms with Crippen molar-refractivity contribution in [2.75, 3.05) is 18.5 Å². The first-order valence-electron chi connectivity index (χ1n) is 12.3. The summed E-state index contributed by atoms with van der Waals surface area (Å²) in [6, 6.07) is 16.3.